The van der Waals surface area contributed by atoms with Crippen molar-refractivity contribution in [2.45, 2.75) is 25.1 Å². The van der Waals surface area contributed by atoms with Crippen molar-refractivity contribution in [1.82, 2.24) is 5.32 Å². The quantitative estimate of drug-likeness (QED) is 0.706. The third-order valence-corrected chi connectivity index (χ3v) is 3.05. The second-order valence-electron chi connectivity index (χ2n) is 4.17. The second-order valence-corrected chi connectivity index (χ2v) is 4.61. The number of rotatable bonds is 0. The van der Waals surface area contributed by atoms with Gasteiger partial charge in [0.05, 0.1) is 0 Å². The first-order valence-electron chi connectivity index (χ1n) is 5.76. The number of amides is 2. The van der Waals surface area contributed by atoms with Crippen LogP contribution < -0.4 is 10.6 Å². The first-order chi connectivity index (χ1) is 9.30. The van der Waals surface area contributed by atoms with Gasteiger partial charge in [0, 0.05) is 22.7 Å². The fourth-order valence-corrected chi connectivity index (χ4v) is 2.11. The van der Waals surface area contributed by atoms with Gasteiger partial charge in [-0.25, -0.2) is 4.79 Å². The number of nitrogens with one attached hydrogen (secondary N) is 2. The van der Waals surface area contributed by atoms with E-state index in [9.17, 15) is 18.0 Å². The molecule has 2 amide bonds. The monoisotopic (exact) mass is 302 g/mol. The number of hydrogen-bond donors (Lipinski definition) is 2. The molecule has 1 aliphatic heterocycles. The van der Waals surface area contributed by atoms with Crippen LogP contribution in [0, 0.1) is 11.8 Å². The molecule has 2 N–H and O–H groups in total. The van der Waals surface area contributed by atoms with Gasteiger partial charge in [0.1, 0.15) is 0 Å². The van der Waals surface area contributed by atoms with E-state index < -0.39 is 17.7 Å². The van der Waals surface area contributed by atoms with E-state index in [1.54, 1.807) is 6.92 Å². The molecule has 20 heavy (non-hydrogen) atoms. The molecule has 106 valence electrons. The summed E-state index contributed by atoms with van der Waals surface area (Å²) in [7, 11) is 0. The minimum atomic E-state index is -4.77. The van der Waals surface area contributed by atoms with Crippen LogP contribution in [0.15, 0.2) is 18.2 Å². The van der Waals surface area contributed by atoms with Crippen LogP contribution in [-0.2, 0) is 5.54 Å². The van der Waals surface area contributed by atoms with Gasteiger partial charge in [-0.1, -0.05) is 24.4 Å². The molecule has 7 heteroatoms. The number of benzene rings is 1. The van der Waals surface area contributed by atoms with Crippen molar-refractivity contribution in [2.24, 2.45) is 0 Å². The minimum absolute atomic E-state index is 0.0425. The van der Waals surface area contributed by atoms with E-state index >= 15 is 0 Å². The summed E-state index contributed by atoms with van der Waals surface area (Å²) in [6.45, 7) is 1.62. The molecule has 0 aliphatic carbocycles. The molecule has 1 heterocycles. The second kappa shape index (κ2) is 4.91. The van der Waals surface area contributed by atoms with Crippen LogP contribution in [0.2, 0.25) is 5.02 Å². The Balaban J connectivity index is 2.75. The Morgan fingerprint density at radius 1 is 1.40 bits per heavy atom. The van der Waals surface area contributed by atoms with E-state index in [0.717, 1.165) is 6.07 Å². The maximum atomic E-state index is 13.5. The van der Waals surface area contributed by atoms with Gasteiger partial charge in [-0.3, -0.25) is 0 Å². The average Bonchev–Trinajstić information content (AvgIpc) is 2.35. The molecule has 0 aromatic heterocycles. The van der Waals surface area contributed by atoms with Crippen LogP contribution in [0.1, 0.15) is 18.9 Å². The van der Waals surface area contributed by atoms with Crippen LogP contribution >= 0.6 is 11.6 Å². The molecule has 0 fully saturated rings. The highest BCUT2D eigenvalue weighted by molar-refractivity contribution is 6.30. The number of fused-ring (bicyclic) bond motifs is 1. The first kappa shape index (κ1) is 14.5. The van der Waals surface area contributed by atoms with Crippen molar-refractivity contribution in [3.8, 4) is 11.8 Å². The molecule has 2 rings (SSSR count). The summed E-state index contributed by atoms with van der Waals surface area (Å²) < 4.78 is 40.5. The Morgan fingerprint density at radius 2 is 2.10 bits per heavy atom. The van der Waals surface area contributed by atoms with Gasteiger partial charge in [0.25, 0.3) is 0 Å². The van der Waals surface area contributed by atoms with Gasteiger partial charge >= 0.3 is 12.2 Å². The molecule has 1 aromatic carbocycles. The van der Waals surface area contributed by atoms with Crippen molar-refractivity contribution >= 4 is 23.3 Å². The summed E-state index contributed by atoms with van der Waals surface area (Å²) in [5.74, 6) is 4.52. The van der Waals surface area contributed by atoms with Gasteiger partial charge in [-0.2, -0.15) is 13.2 Å². The minimum Gasteiger partial charge on any atom is -0.310 e. The maximum Gasteiger partial charge on any atom is 0.427 e. The zero-order valence-electron chi connectivity index (χ0n) is 10.4. The van der Waals surface area contributed by atoms with Gasteiger partial charge in [0.15, 0.2) is 0 Å². The Hall–Kier alpha value is -1.87. The van der Waals surface area contributed by atoms with Gasteiger partial charge in [0.2, 0.25) is 5.54 Å². The maximum absolute atomic E-state index is 13.5. The third-order valence-electron chi connectivity index (χ3n) is 2.81. The lowest BCUT2D eigenvalue weighted by molar-refractivity contribution is -0.178. The van der Waals surface area contributed by atoms with Gasteiger partial charge in [-0.15, -0.1) is 5.92 Å². The molecular weight excluding hydrogens is 293 g/mol. The fraction of sp³-hybridized carbons (Fsp3) is 0.308. The number of alkyl halides is 3. The lowest BCUT2D eigenvalue weighted by Crippen LogP contribution is -2.59. The van der Waals surface area contributed by atoms with Crippen LogP contribution in [0.3, 0.4) is 0 Å². The molecule has 1 aromatic rings. The SMILES string of the molecule is CCC#CC1(C(F)(F)F)NC(=O)Nc2ccc(Cl)cc21. The molecule has 0 bridgehead atoms. The average molecular weight is 303 g/mol. The summed E-state index contributed by atoms with van der Waals surface area (Å²) >= 11 is 5.77. The van der Waals surface area contributed by atoms with E-state index in [1.165, 1.54) is 12.1 Å². The molecule has 0 saturated carbocycles. The van der Waals surface area contributed by atoms with Crippen LogP contribution in [-0.4, -0.2) is 12.2 Å². The summed E-state index contributed by atoms with van der Waals surface area (Å²) in [6.07, 6.45) is -4.54. The third kappa shape index (κ3) is 2.29. The van der Waals surface area contributed by atoms with Crippen molar-refractivity contribution in [2.75, 3.05) is 5.32 Å². The highest BCUT2D eigenvalue weighted by Gasteiger charge is 2.59. The number of halogens is 4. The van der Waals surface area contributed by atoms with Crippen molar-refractivity contribution < 1.29 is 18.0 Å². The topological polar surface area (TPSA) is 41.1 Å². The smallest absolute Gasteiger partial charge is 0.310 e. The number of anilines is 1. The van der Waals surface area contributed by atoms with Crippen molar-refractivity contribution in [1.29, 1.82) is 0 Å². The van der Waals surface area contributed by atoms with Crippen LogP contribution in [0.5, 0.6) is 0 Å². The normalized spacial score (nSPS) is 21.1. The van der Waals surface area contributed by atoms with E-state index in [4.69, 9.17) is 11.6 Å². The summed E-state index contributed by atoms with van der Waals surface area (Å²) in [5.41, 5.74) is -2.91. The van der Waals surface area contributed by atoms with E-state index in [2.05, 4.69) is 17.2 Å². The molecule has 1 unspecified atom stereocenters. The molecule has 1 aliphatic rings. The van der Waals surface area contributed by atoms with Crippen LogP contribution in [0.25, 0.3) is 0 Å². The van der Waals surface area contributed by atoms with Gasteiger partial charge in [-0.05, 0) is 18.2 Å². The Kier molecular flexibility index (Phi) is 3.57. The summed E-state index contributed by atoms with van der Waals surface area (Å²) in [4.78, 5) is 11.5. The number of carbonyl (C=O) groups excluding carboxylic acids is 1. The Labute approximate surface area is 118 Å². The lowest BCUT2D eigenvalue weighted by Gasteiger charge is -2.37. The van der Waals surface area contributed by atoms with Gasteiger partial charge < -0.3 is 10.6 Å². The summed E-state index contributed by atoms with van der Waals surface area (Å²) in [5, 5.41) is 4.33. The Morgan fingerprint density at radius 3 is 2.70 bits per heavy atom. The molecule has 0 radical (unpaired) electrons. The van der Waals surface area contributed by atoms with E-state index in [1.807, 2.05) is 5.32 Å². The fourth-order valence-electron chi connectivity index (χ4n) is 1.94. The molecule has 0 spiro atoms. The zero-order chi connectivity index (χ0) is 15.0. The predicted octanol–water partition coefficient (Wildman–Crippen LogP) is 3.65. The predicted molar refractivity (Wildman–Crippen MR) is 69.4 cm³/mol. The van der Waals surface area contributed by atoms with Crippen molar-refractivity contribution in [3.63, 3.8) is 0 Å². The largest absolute Gasteiger partial charge is 0.427 e. The standard InChI is InChI=1S/C13H10ClF3N2O/c1-2-3-6-12(13(15,16)17)9-7-8(14)4-5-10(9)18-11(20)19-12/h4-5,7H,2H2,1H3,(H2,18,19,20). The van der Waals surface area contributed by atoms with E-state index in [-0.39, 0.29) is 22.7 Å². The molecule has 0 saturated heterocycles. The number of hydrogen-bond acceptors (Lipinski definition) is 1. The van der Waals surface area contributed by atoms with Crippen molar-refractivity contribution in [3.05, 3.63) is 28.8 Å². The summed E-state index contributed by atoms with van der Waals surface area (Å²) in [6, 6.07) is 2.93. The lowest BCUT2D eigenvalue weighted by atomic mass is 9.86. The van der Waals surface area contributed by atoms with Crippen LogP contribution in [0.4, 0.5) is 23.7 Å². The number of urea groups is 1. The highest BCUT2D eigenvalue weighted by atomic mass is 35.5. The first-order valence-corrected chi connectivity index (χ1v) is 6.14. The zero-order valence-corrected chi connectivity index (χ0v) is 11.1. The number of carbonyl (C=O) groups is 1. The molecular formula is C13H10ClF3N2O. The Bertz CT molecular complexity index is 618. The molecule has 1 atom stereocenters. The van der Waals surface area contributed by atoms with E-state index in [0.29, 0.717) is 0 Å². The highest BCUT2D eigenvalue weighted by Crippen LogP contribution is 2.44. The molecule has 3 nitrogen and oxygen atoms in total.